The van der Waals surface area contributed by atoms with Crippen molar-refractivity contribution in [1.29, 1.82) is 0 Å². The molecule has 0 N–H and O–H groups in total. The third-order valence-electron chi connectivity index (χ3n) is 8.76. The van der Waals surface area contributed by atoms with Crippen LogP contribution in [0.4, 0.5) is 0 Å². The van der Waals surface area contributed by atoms with Crippen molar-refractivity contribution in [2.75, 3.05) is 6.61 Å². The van der Waals surface area contributed by atoms with Crippen LogP contribution < -0.4 is 10.4 Å². The lowest BCUT2D eigenvalue weighted by molar-refractivity contribution is -0.275. The fraction of sp³-hybridized carbons (Fsp3) is 0.400. The summed E-state index contributed by atoms with van der Waals surface area (Å²) in [6.07, 6.45) is -1.32. The molecule has 2 saturated heterocycles. The summed E-state index contributed by atoms with van der Waals surface area (Å²) in [4.78, 5) is 0. The Balaban J connectivity index is 1.43. The Morgan fingerprint density at radius 2 is 1.19 bits per heavy atom. The molecule has 248 valence electrons. The molecule has 6 rings (SSSR count). The van der Waals surface area contributed by atoms with Crippen molar-refractivity contribution in [3.05, 3.63) is 132 Å². The number of rotatable bonds is 13. The Labute approximate surface area is 281 Å². The Kier molecular flexibility index (Phi) is 10.4. The molecule has 0 aromatic heterocycles. The highest BCUT2D eigenvalue weighted by atomic mass is 28.3. The molecule has 0 spiro atoms. The van der Waals surface area contributed by atoms with Gasteiger partial charge in [0.2, 0.25) is 9.04 Å². The second-order valence-electron chi connectivity index (χ2n) is 14.3. The van der Waals surface area contributed by atoms with Gasteiger partial charge in [-0.1, -0.05) is 142 Å². The Morgan fingerprint density at radius 3 is 1.72 bits per heavy atom. The Bertz CT molecular complexity index is 1490. The average Bonchev–Trinajstić information content (AvgIpc) is 3.51. The van der Waals surface area contributed by atoms with E-state index in [0.717, 1.165) is 11.1 Å². The van der Waals surface area contributed by atoms with Gasteiger partial charge in [-0.3, -0.25) is 0 Å². The second-order valence-corrected chi connectivity index (χ2v) is 16.7. The standard InChI is InChI=1S/C40H48O6Si/c1-38(2,3)26-34(46-47(32-22-14-8-15-23-32)33-24-16-9-17-25-33)40(29-41-27-30-18-10-6-11-19-30)36(42-28-31-20-12-7-13-21-31)35-37(45-40)44-39(4,5)43-35/h6-25,34-37,47H,26-29H2,1-5H3/t34?,35-,36+,37+,40?/m1/s1. The maximum atomic E-state index is 7.53. The molecule has 2 aliphatic heterocycles. The van der Waals surface area contributed by atoms with Crippen molar-refractivity contribution in [3.63, 3.8) is 0 Å². The molecule has 2 unspecified atom stereocenters. The molecule has 7 heteroatoms. The first-order valence-electron chi connectivity index (χ1n) is 16.7. The Hall–Kier alpha value is -3.14. The highest BCUT2D eigenvalue weighted by Crippen LogP contribution is 2.48. The molecule has 0 radical (unpaired) electrons. The van der Waals surface area contributed by atoms with Crippen LogP contribution in [0.3, 0.4) is 0 Å². The summed E-state index contributed by atoms with van der Waals surface area (Å²) in [5.74, 6) is -0.813. The molecule has 6 nitrogen and oxygen atoms in total. The van der Waals surface area contributed by atoms with Crippen LogP contribution in [0.15, 0.2) is 121 Å². The number of benzene rings is 4. The minimum atomic E-state index is -2.23. The molecule has 4 aromatic carbocycles. The normalized spacial score (nSPS) is 24.3. The zero-order valence-corrected chi connectivity index (χ0v) is 29.4. The van der Waals surface area contributed by atoms with E-state index in [1.807, 2.05) is 50.2 Å². The van der Waals surface area contributed by atoms with Gasteiger partial charge in [0.05, 0.1) is 25.9 Å². The first-order valence-corrected chi connectivity index (χ1v) is 18.3. The topological polar surface area (TPSA) is 55.4 Å². The Morgan fingerprint density at radius 1 is 0.681 bits per heavy atom. The van der Waals surface area contributed by atoms with Gasteiger partial charge < -0.3 is 28.1 Å². The van der Waals surface area contributed by atoms with Crippen LogP contribution in [-0.4, -0.2) is 51.6 Å². The quantitative estimate of drug-likeness (QED) is 0.156. The predicted molar refractivity (Wildman–Crippen MR) is 187 cm³/mol. The minimum Gasteiger partial charge on any atom is -0.405 e. The number of hydrogen-bond acceptors (Lipinski definition) is 6. The van der Waals surface area contributed by atoms with E-state index in [4.69, 9.17) is 28.1 Å². The van der Waals surface area contributed by atoms with E-state index in [0.29, 0.717) is 19.6 Å². The van der Waals surface area contributed by atoms with Crippen LogP contribution in [0.1, 0.15) is 52.2 Å². The molecule has 0 bridgehead atoms. The first-order chi connectivity index (χ1) is 22.6. The van der Waals surface area contributed by atoms with Gasteiger partial charge in [0.15, 0.2) is 12.1 Å². The van der Waals surface area contributed by atoms with E-state index in [1.54, 1.807) is 0 Å². The molecule has 0 saturated carbocycles. The highest BCUT2D eigenvalue weighted by Gasteiger charge is 2.66. The van der Waals surface area contributed by atoms with Crippen LogP contribution in [0.5, 0.6) is 0 Å². The van der Waals surface area contributed by atoms with Crippen molar-refractivity contribution in [2.24, 2.45) is 5.41 Å². The van der Waals surface area contributed by atoms with Crippen LogP contribution in [-0.2, 0) is 41.3 Å². The lowest BCUT2D eigenvalue weighted by Crippen LogP contribution is -2.62. The van der Waals surface area contributed by atoms with Crippen molar-refractivity contribution in [3.8, 4) is 0 Å². The van der Waals surface area contributed by atoms with Gasteiger partial charge in [-0.05, 0) is 47.2 Å². The largest absolute Gasteiger partial charge is 0.405 e. The number of fused-ring (bicyclic) bond motifs is 1. The summed E-state index contributed by atoms with van der Waals surface area (Å²) in [5.41, 5.74) is 1.03. The van der Waals surface area contributed by atoms with Crippen molar-refractivity contribution < 1.29 is 28.1 Å². The zero-order valence-electron chi connectivity index (χ0n) is 28.2. The van der Waals surface area contributed by atoms with Gasteiger partial charge in [0.25, 0.3) is 0 Å². The minimum absolute atomic E-state index is 0.102. The van der Waals surface area contributed by atoms with Gasteiger partial charge in [-0.15, -0.1) is 0 Å². The smallest absolute Gasteiger partial charge is 0.240 e. The lowest BCUT2D eigenvalue weighted by atomic mass is 9.80. The van der Waals surface area contributed by atoms with Gasteiger partial charge in [-0.2, -0.15) is 0 Å². The molecule has 0 amide bonds. The van der Waals surface area contributed by atoms with E-state index in [9.17, 15) is 0 Å². The number of hydrogen-bond donors (Lipinski definition) is 0. The van der Waals surface area contributed by atoms with Crippen LogP contribution in [0, 0.1) is 5.41 Å². The molecule has 0 aliphatic carbocycles. The maximum Gasteiger partial charge on any atom is 0.240 e. The number of ether oxygens (including phenoxy) is 5. The lowest BCUT2D eigenvalue weighted by Gasteiger charge is -2.45. The summed E-state index contributed by atoms with van der Waals surface area (Å²) in [6, 6.07) is 41.6. The van der Waals surface area contributed by atoms with Crippen LogP contribution in [0.2, 0.25) is 0 Å². The van der Waals surface area contributed by atoms with E-state index in [2.05, 4.69) is 106 Å². The summed E-state index contributed by atoms with van der Waals surface area (Å²) in [6.45, 7) is 11.6. The molecular weight excluding hydrogens is 605 g/mol. The molecule has 2 heterocycles. The fourth-order valence-corrected chi connectivity index (χ4v) is 9.14. The molecule has 5 atom stereocenters. The summed E-state index contributed by atoms with van der Waals surface area (Å²) >= 11 is 0. The third kappa shape index (κ3) is 8.30. The van der Waals surface area contributed by atoms with Crippen molar-refractivity contribution in [1.82, 2.24) is 0 Å². The van der Waals surface area contributed by atoms with Crippen molar-refractivity contribution in [2.45, 2.75) is 90.2 Å². The van der Waals surface area contributed by atoms with E-state index in [1.165, 1.54) is 10.4 Å². The first kappa shape index (κ1) is 33.7. The van der Waals surface area contributed by atoms with Gasteiger partial charge >= 0.3 is 0 Å². The van der Waals surface area contributed by atoms with E-state index >= 15 is 0 Å². The zero-order chi connectivity index (χ0) is 32.9. The second kappa shape index (κ2) is 14.5. The molecule has 4 aromatic rings. The summed E-state index contributed by atoms with van der Waals surface area (Å²) < 4.78 is 41.2. The monoisotopic (exact) mass is 652 g/mol. The van der Waals surface area contributed by atoms with Gasteiger partial charge in [-0.25, -0.2) is 0 Å². The van der Waals surface area contributed by atoms with Crippen molar-refractivity contribution >= 4 is 19.4 Å². The SMILES string of the molecule is CC(C)(C)CC(O[SiH](c1ccccc1)c1ccccc1)C1(COCc2ccccc2)O[C@@H]2OC(C)(C)O[C@@H]2[C@@H]1OCc1ccccc1. The van der Waals surface area contributed by atoms with E-state index < -0.39 is 45.0 Å². The molecule has 47 heavy (non-hydrogen) atoms. The maximum absolute atomic E-state index is 7.53. The average molecular weight is 653 g/mol. The summed E-state index contributed by atoms with van der Waals surface area (Å²) in [7, 11) is -2.23. The third-order valence-corrected chi connectivity index (χ3v) is 11.3. The molecule has 2 fully saturated rings. The highest BCUT2D eigenvalue weighted by molar-refractivity contribution is 6.80. The summed E-state index contributed by atoms with van der Waals surface area (Å²) in [5, 5.41) is 2.40. The van der Waals surface area contributed by atoms with Crippen LogP contribution >= 0.6 is 0 Å². The van der Waals surface area contributed by atoms with Gasteiger partial charge in [0.1, 0.15) is 17.8 Å². The van der Waals surface area contributed by atoms with Gasteiger partial charge in [0, 0.05) is 0 Å². The molecule has 2 aliphatic rings. The fourth-order valence-electron chi connectivity index (χ4n) is 6.64. The predicted octanol–water partition coefficient (Wildman–Crippen LogP) is 6.39. The van der Waals surface area contributed by atoms with E-state index in [-0.39, 0.29) is 12.0 Å². The van der Waals surface area contributed by atoms with Crippen LogP contribution in [0.25, 0.3) is 0 Å². The molecular formula is C40H48O6Si.